The van der Waals surface area contributed by atoms with Crippen molar-refractivity contribution in [2.45, 2.75) is 25.6 Å². The molecule has 0 aliphatic carbocycles. The number of alkyl halides is 3. The summed E-state index contributed by atoms with van der Waals surface area (Å²) in [6.07, 6.45) is -3.80. The molecule has 2 aromatic carbocycles. The molecule has 3 N–H and O–H groups in total. The monoisotopic (exact) mass is 352 g/mol. The zero-order valence-corrected chi connectivity index (χ0v) is 13.6. The van der Waals surface area contributed by atoms with Gasteiger partial charge >= 0.3 is 6.18 Å². The van der Waals surface area contributed by atoms with E-state index < -0.39 is 11.7 Å². The fourth-order valence-corrected chi connectivity index (χ4v) is 2.09. The van der Waals surface area contributed by atoms with Crippen LogP contribution in [0.1, 0.15) is 29.3 Å². The van der Waals surface area contributed by atoms with Crippen LogP contribution in [-0.4, -0.2) is 18.5 Å². The van der Waals surface area contributed by atoms with Crippen molar-refractivity contribution in [2.24, 2.45) is 5.73 Å². The molecular weight excluding hydrogens is 333 g/mol. The van der Waals surface area contributed by atoms with Gasteiger partial charge in [-0.15, -0.1) is 0 Å². The number of benzene rings is 2. The summed E-state index contributed by atoms with van der Waals surface area (Å²) in [6, 6.07) is 10.8. The molecule has 0 bridgehead atoms. The highest BCUT2D eigenvalue weighted by Gasteiger charge is 2.30. The summed E-state index contributed by atoms with van der Waals surface area (Å²) in [5, 5.41) is 2.73. The Balaban J connectivity index is 2.08. The van der Waals surface area contributed by atoms with Gasteiger partial charge in [0.15, 0.2) is 0 Å². The number of rotatable bonds is 6. The van der Waals surface area contributed by atoms with Gasteiger partial charge in [-0.3, -0.25) is 4.79 Å². The minimum Gasteiger partial charge on any atom is -0.457 e. The predicted molar refractivity (Wildman–Crippen MR) is 88.6 cm³/mol. The van der Waals surface area contributed by atoms with Crippen LogP contribution in [-0.2, 0) is 6.18 Å². The molecule has 0 saturated carbocycles. The first-order valence-corrected chi connectivity index (χ1v) is 7.74. The normalized spacial score (nSPS) is 12.5. The Morgan fingerprint density at radius 1 is 1.16 bits per heavy atom. The molecule has 134 valence electrons. The first-order chi connectivity index (χ1) is 11.8. The Morgan fingerprint density at radius 2 is 1.80 bits per heavy atom. The van der Waals surface area contributed by atoms with Crippen LogP contribution in [0.15, 0.2) is 48.5 Å². The fourth-order valence-electron chi connectivity index (χ4n) is 2.09. The maximum absolute atomic E-state index is 12.7. The Kier molecular flexibility index (Phi) is 6.03. The minimum absolute atomic E-state index is 0.0177. The first kappa shape index (κ1) is 18.8. The van der Waals surface area contributed by atoms with Gasteiger partial charge in [0.25, 0.3) is 5.91 Å². The van der Waals surface area contributed by atoms with E-state index in [0.29, 0.717) is 18.5 Å². The number of carbonyl (C=O) groups is 1. The van der Waals surface area contributed by atoms with E-state index in [0.717, 1.165) is 12.1 Å². The smallest absolute Gasteiger partial charge is 0.416 e. The van der Waals surface area contributed by atoms with Gasteiger partial charge in [-0.2, -0.15) is 13.2 Å². The van der Waals surface area contributed by atoms with E-state index in [9.17, 15) is 18.0 Å². The van der Waals surface area contributed by atoms with Crippen molar-refractivity contribution in [1.82, 2.24) is 5.32 Å². The number of nitrogens with two attached hydrogens (primary N) is 1. The van der Waals surface area contributed by atoms with Crippen molar-refractivity contribution in [3.63, 3.8) is 0 Å². The molecule has 4 nitrogen and oxygen atoms in total. The summed E-state index contributed by atoms with van der Waals surface area (Å²) in [5.41, 5.74) is 5.18. The van der Waals surface area contributed by atoms with Gasteiger partial charge < -0.3 is 15.8 Å². The van der Waals surface area contributed by atoms with Gasteiger partial charge in [-0.25, -0.2) is 0 Å². The van der Waals surface area contributed by atoms with E-state index >= 15 is 0 Å². The SMILES string of the molecule is CC(N)CCNC(=O)c1cccc(Oc2cccc(C(F)(F)F)c2)c1. The third-order valence-corrected chi connectivity index (χ3v) is 3.38. The van der Waals surface area contributed by atoms with Crippen LogP contribution in [0.4, 0.5) is 13.2 Å². The average molecular weight is 352 g/mol. The molecule has 2 rings (SSSR count). The third-order valence-electron chi connectivity index (χ3n) is 3.38. The zero-order valence-electron chi connectivity index (χ0n) is 13.6. The van der Waals surface area contributed by atoms with Gasteiger partial charge in [-0.1, -0.05) is 12.1 Å². The number of hydrogen-bond donors (Lipinski definition) is 2. The summed E-state index contributed by atoms with van der Waals surface area (Å²) < 4.78 is 43.7. The average Bonchev–Trinajstić information content (AvgIpc) is 2.54. The summed E-state index contributed by atoms with van der Waals surface area (Å²) in [7, 11) is 0. The number of nitrogens with one attached hydrogen (secondary N) is 1. The van der Waals surface area contributed by atoms with E-state index in [1.807, 2.05) is 6.92 Å². The molecule has 7 heteroatoms. The minimum atomic E-state index is -4.44. The van der Waals surface area contributed by atoms with Crippen molar-refractivity contribution >= 4 is 5.91 Å². The molecule has 0 spiro atoms. The van der Waals surface area contributed by atoms with E-state index in [1.54, 1.807) is 18.2 Å². The summed E-state index contributed by atoms with van der Waals surface area (Å²) >= 11 is 0. The molecule has 0 aromatic heterocycles. The largest absolute Gasteiger partial charge is 0.457 e. The van der Waals surface area contributed by atoms with Crippen molar-refractivity contribution in [1.29, 1.82) is 0 Å². The number of ether oxygens (including phenoxy) is 1. The van der Waals surface area contributed by atoms with E-state index in [4.69, 9.17) is 10.5 Å². The maximum atomic E-state index is 12.7. The second-order valence-electron chi connectivity index (χ2n) is 5.68. The lowest BCUT2D eigenvalue weighted by molar-refractivity contribution is -0.137. The van der Waals surface area contributed by atoms with Gasteiger partial charge in [0.1, 0.15) is 11.5 Å². The fraction of sp³-hybridized carbons (Fsp3) is 0.278. The lowest BCUT2D eigenvalue weighted by Gasteiger charge is -2.11. The van der Waals surface area contributed by atoms with Crippen molar-refractivity contribution < 1.29 is 22.7 Å². The van der Waals surface area contributed by atoms with Crippen LogP contribution in [0.25, 0.3) is 0 Å². The molecular formula is C18H19F3N2O2. The Morgan fingerprint density at radius 3 is 2.44 bits per heavy atom. The van der Waals surface area contributed by atoms with Gasteiger partial charge in [0.05, 0.1) is 5.56 Å². The highest BCUT2D eigenvalue weighted by Crippen LogP contribution is 2.32. The van der Waals surface area contributed by atoms with Crippen LogP contribution in [0, 0.1) is 0 Å². The van der Waals surface area contributed by atoms with Crippen molar-refractivity contribution in [2.75, 3.05) is 6.54 Å². The topological polar surface area (TPSA) is 64.3 Å². The van der Waals surface area contributed by atoms with Crippen LogP contribution in [0.5, 0.6) is 11.5 Å². The molecule has 0 aliphatic rings. The van der Waals surface area contributed by atoms with Crippen LogP contribution >= 0.6 is 0 Å². The van der Waals surface area contributed by atoms with Crippen LogP contribution in [0.2, 0.25) is 0 Å². The van der Waals surface area contributed by atoms with Gasteiger partial charge in [0.2, 0.25) is 0 Å². The first-order valence-electron chi connectivity index (χ1n) is 7.74. The van der Waals surface area contributed by atoms with Gasteiger partial charge in [-0.05, 0) is 49.7 Å². The summed E-state index contributed by atoms with van der Waals surface area (Å²) in [6.45, 7) is 2.28. The van der Waals surface area contributed by atoms with Crippen molar-refractivity contribution in [3.8, 4) is 11.5 Å². The van der Waals surface area contributed by atoms with E-state index in [-0.39, 0.29) is 23.4 Å². The standard InChI is InChI=1S/C18H19F3N2O2/c1-12(22)8-9-23-17(24)13-4-2-6-15(10-13)25-16-7-3-5-14(11-16)18(19,20)21/h2-7,10-12H,8-9,22H2,1H3,(H,23,24). The molecule has 0 heterocycles. The molecule has 0 saturated heterocycles. The number of halogens is 3. The van der Waals surface area contributed by atoms with E-state index in [2.05, 4.69) is 5.32 Å². The number of hydrogen-bond acceptors (Lipinski definition) is 3. The third kappa shape index (κ3) is 5.79. The molecule has 0 fully saturated rings. The Bertz CT molecular complexity index is 730. The predicted octanol–water partition coefficient (Wildman–Crippen LogP) is 3.96. The molecule has 0 radical (unpaired) electrons. The van der Waals surface area contributed by atoms with E-state index in [1.165, 1.54) is 18.2 Å². The second-order valence-corrected chi connectivity index (χ2v) is 5.68. The molecule has 1 atom stereocenters. The molecule has 25 heavy (non-hydrogen) atoms. The molecule has 1 unspecified atom stereocenters. The number of amides is 1. The maximum Gasteiger partial charge on any atom is 0.416 e. The molecule has 0 aliphatic heterocycles. The summed E-state index contributed by atoms with van der Waals surface area (Å²) in [5.74, 6) is 0.0265. The zero-order chi connectivity index (χ0) is 18.4. The van der Waals surface area contributed by atoms with Crippen LogP contribution < -0.4 is 15.8 Å². The molecule has 2 aromatic rings. The lowest BCUT2D eigenvalue weighted by Crippen LogP contribution is -2.28. The quantitative estimate of drug-likeness (QED) is 0.827. The Labute approximate surface area is 143 Å². The molecule has 1 amide bonds. The van der Waals surface area contributed by atoms with Crippen molar-refractivity contribution in [3.05, 3.63) is 59.7 Å². The van der Waals surface area contributed by atoms with Crippen LogP contribution in [0.3, 0.4) is 0 Å². The van der Waals surface area contributed by atoms with Gasteiger partial charge in [0, 0.05) is 18.2 Å². The highest BCUT2D eigenvalue weighted by atomic mass is 19.4. The Hall–Kier alpha value is -2.54. The highest BCUT2D eigenvalue weighted by molar-refractivity contribution is 5.94. The lowest BCUT2D eigenvalue weighted by atomic mass is 10.2. The summed E-state index contributed by atoms with van der Waals surface area (Å²) in [4.78, 5) is 12.1. The second kappa shape index (κ2) is 8.02. The number of carbonyl (C=O) groups excluding carboxylic acids is 1.